The van der Waals surface area contributed by atoms with Crippen LogP contribution in [-0.4, -0.2) is 46.5 Å². The SMILES string of the molecule is O=C(Nc1ccc(-n2cnn(C[C@@](O)(Cn3cncn3)c3ccc(F)cc3F)c2=O)cc1)c1ccc(OC(F)(F)F)cc1. The molecule has 5 aromatic rings. The number of amides is 1. The van der Waals surface area contributed by atoms with E-state index < -0.39 is 47.5 Å². The maximum absolute atomic E-state index is 14.7. The van der Waals surface area contributed by atoms with E-state index in [2.05, 4.69) is 25.2 Å². The number of carbonyl (C=O) groups excluding carboxylic acids is 1. The molecule has 0 aliphatic rings. The Kier molecular flexibility index (Phi) is 7.78. The average molecular weight is 601 g/mol. The highest BCUT2D eigenvalue weighted by molar-refractivity contribution is 6.04. The predicted molar refractivity (Wildman–Crippen MR) is 139 cm³/mol. The first-order chi connectivity index (χ1) is 20.4. The van der Waals surface area contributed by atoms with Gasteiger partial charge in [-0.15, -0.1) is 13.2 Å². The van der Waals surface area contributed by atoms with Crippen molar-refractivity contribution in [2.45, 2.75) is 25.1 Å². The number of nitrogens with zero attached hydrogens (tertiary/aromatic N) is 6. The molecule has 0 unspecified atom stereocenters. The lowest BCUT2D eigenvalue weighted by Crippen LogP contribution is -2.41. The van der Waals surface area contributed by atoms with Crippen LogP contribution in [0.3, 0.4) is 0 Å². The molecule has 0 bridgehead atoms. The number of aromatic nitrogens is 6. The molecule has 1 amide bonds. The Morgan fingerprint density at radius 2 is 1.65 bits per heavy atom. The predicted octanol–water partition coefficient (Wildman–Crippen LogP) is 3.64. The van der Waals surface area contributed by atoms with Crippen molar-refractivity contribution in [3.63, 3.8) is 0 Å². The molecule has 0 saturated carbocycles. The second-order valence-corrected chi connectivity index (χ2v) is 9.26. The molecule has 0 aliphatic carbocycles. The summed E-state index contributed by atoms with van der Waals surface area (Å²) in [6.45, 7) is -0.858. The average Bonchev–Trinajstić information content (AvgIpc) is 3.58. The van der Waals surface area contributed by atoms with Crippen LogP contribution in [-0.2, 0) is 18.7 Å². The fourth-order valence-corrected chi connectivity index (χ4v) is 4.26. The number of hydrogen-bond donors (Lipinski definition) is 2. The van der Waals surface area contributed by atoms with Crippen molar-refractivity contribution in [2.24, 2.45) is 0 Å². The molecule has 2 N–H and O–H groups in total. The topological polar surface area (TPSA) is 129 Å². The summed E-state index contributed by atoms with van der Waals surface area (Å²) in [7, 11) is 0. The zero-order valence-corrected chi connectivity index (χ0v) is 21.7. The molecule has 0 radical (unpaired) electrons. The van der Waals surface area contributed by atoms with E-state index in [1.54, 1.807) is 0 Å². The minimum absolute atomic E-state index is 0.0760. The van der Waals surface area contributed by atoms with Crippen LogP contribution < -0.4 is 15.7 Å². The van der Waals surface area contributed by atoms with Crippen LogP contribution in [0.5, 0.6) is 5.75 Å². The highest BCUT2D eigenvalue weighted by atomic mass is 19.4. The molecule has 16 heteroatoms. The second kappa shape index (κ2) is 11.5. The Labute approximate surface area is 238 Å². The molecule has 43 heavy (non-hydrogen) atoms. The first-order valence-corrected chi connectivity index (χ1v) is 12.3. The molecule has 2 aromatic heterocycles. The van der Waals surface area contributed by atoms with Gasteiger partial charge in [-0.2, -0.15) is 10.2 Å². The lowest BCUT2D eigenvalue weighted by molar-refractivity contribution is -0.274. The first-order valence-electron chi connectivity index (χ1n) is 12.3. The number of aliphatic hydroxyl groups is 1. The van der Waals surface area contributed by atoms with Crippen molar-refractivity contribution in [1.29, 1.82) is 0 Å². The van der Waals surface area contributed by atoms with Crippen molar-refractivity contribution in [3.05, 3.63) is 119 Å². The van der Waals surface area contributed by atoms with Crippen LogP contribution in [0.2, 0.25) is 0 Å². The van der Waals surface area contributed by atoms with Gasteiger partial charge in [0.05, 0.1) is 18.8 Å². The number of rotatable bonds is 9. The van der Waals surface area contributed by atoms with Crippen molar-refractivity contribution < 1.29 is 36.6 Å². The molecule has 5 rings (SSSR count). The van der Waals surface area contributed by atoms with Gasteiger partial charge in [-0.25, -0.2) is 32.5 Å². The molecule has 0 spiro atoms. The van der Waals surface area contributed by atoms with Crippen molar-refractivity contribution in [1.82, 2.24) is 29.1 Å². The molecule has 0 aliphatic heterocycles. The smallest absolute Gasteiger partial charge is 0.406 e. The number of carbonyl (C=O) groups is 1. The van der Waals surface area contributed by atoms with Gasteiger partial charge in [0.1, 0.15) is 42.0 Å². The summed E-state index contributed by atoms with van der Waals surface area (Å²) in [4.78, 5) is 29.5. The standard InChI is InChI=1S/C27H20F5N7O4/c28-18-3-10-22(23(29)11-18)26(42,12-37-15-33-14-34-37)13-39-25(41)38(16-35-39)20-6-4-19(5-7-20)36-24(40)17-1-8-21(9-2-17)43-27(30,31)32/h1-11,14-16,42H,12-13H2,(H,36,40)/t26-/m0/s1. The summed E-state index contributed by atoms with van der Waals surface area (Å²) in [6, 6.07) is 12.9. The number of ether oxygens (including phenoxy) is 1. The number of anilines is 1. The Morgan fingerprint density at radius 3 is 2.28 bits per heavy atom. The quantitative estimate of drug-likeness (QED) is 0.247. The molecule has 0 fully saturated rings. The minimum atomic E-state index is -4.86. The molecular weight excluding hydrogens is 581 g/mol. The third-order valence-electron chi connectivity index (χ3n) is 6.22. The van der Waals surface area contributed by atoms with Gasteiger partial charge >= 0.3 is 12.1 Å². The van der Waals surface area contributed by atoms with Crippen molar-refractivity contribution >= 4 is 11.6 Å². The maximum Gasteiger partial charge on any atom is 0.573 e. The summed E-state index contributed by atoms with van der Waals surface area (Å²) in [6.07, 6.45) is -1.19. The Balaban J connectivity index is 1.32. The van der Waals surface area contributed by atoms with E-state index in [0.29, 0.717) is 17.4 Å². The molecule has 3 aromatic carbocycles. The largest absolute Gasteiger partial charge is 0.573 e. The fourth-order valence-electron chi connectivity index (χ4n) is 4.26. The molecule has 1 atom stereocenters. The maximum atomic E-state index is 14.7. The number of alkyl halides is 3. The lowest BCUT2D eigenvalue weighted by atomic mass is 9.93. The van der Waals surface area contributed by atoms with Gasteiger partial charge in [-0.3, -0.25) is 4.79 Å². The number of hydrogen-bond acceptors (Lipinski definition) is 7. The lowest BCUT2D eigenvalue weighted by Gasteiger charge is -2.28. The zero-order chi connectivity index (χ0) is 30.8. The summed E-state index contributed by atoms with van der Waals surface area (Å²) in [5, 5.41) is 22.0. The van der Waals surface area contributed by atoms with Crippen LogP contribution in [0, 0.1) is 11.6 Å². The fraction of sp³-hybridized carbons (Fsp3) is 0.148. The van der Waals surface area contributed by atoms with Crippen LogP contribution in [0.1, 0.15) is 15.9 Å². The van der Waals surface area contributed by atoms with Gasteiger partial charge in [0.15, 0.2) is 0 Å². The van der Waals surface area contributed by atoms with Crippen molar-refractivity contribution in [3.8, 4) is 11.4 Å². The van der Waals surface area contributed by atoms with E-state index in [1.165, 1.54) is 60.1 Å². The Bertz CT molecular complexity index is 1790. The highest BCUT2D eigenvalue weighted by Crippen LogP contribution is 2.28. The summed E-state index contributed by atoms with van der Waals surface area (Å²) in [5.41, 5.74) is -2.34. The van der Waals surface area contributed by atoms with E-state index in [1.807, 2.05) is 0 Å². The van der Waals surface area contributed by atoms with Gasteiger partial charge in [-0.05, 0) is 54.6 Å². The number of halogens is 5. The molecule has 2 heterocycles. The van der Waals surface area contributed by atoms with Crippen LogP contribution in [0.25, 0.3) is 5.69 Å². The number of benzene rings is 3. The van der Waals surface area contributed by atoms with Gasteiger partial charge in [0.2, 0.25) is 0 Å². The van der Waals surface area contributed by atoms with Crippen LogP contribution in [0.15, 0.2) is 90.5 Å². The normalized spacial score (nSPS) is 13.0. The van der Waals surface area contributed by atoms with E-state index in [4.69, 9.17) is 0 Å². The van der Waals surface area contributed by atoms with E-state index >= 15 is 0 Å². The van der Waals surface area contributed by atoms with Gasteiger partial charge in [0.25, 0.3) is 5.91 Å². The number of nitrogens with one attached hydrogen (secondary N) is 1. The Hall–Kier alpha value is -5.38. The van der Waals surface area contributed by atoms with E-state index in [9.17, 15) is 36.6 Å². The van der Waals surface area contributed by atoms with Crippen LogP contribution >= 0.6 is 0 Å². The monoisotopic (exact) mass is 601 g/mol. The third-order valence-corrected chi connectivity index (χ3v) is 6.22. The first kappa shape index (κ1) is 29.1. The summed E-state index contributed by atoms with van der Waals surface area (Å²) >= 11 is 0. The molecule has 222 valence electrons. The minimum Gasteiger partial charge on any atom is -0.406 e. The molecule has 0 saturated heterocycles. The van der Waals surface area contributed by atoms with Gasteiger partial charge < -0.3 is 15.2 Å². The highest BCUT2D eigenvalue weighted by Gasteiger charge is 2.35. The van der Waals surface area contributed by atoms with Gasteiger partial charge in [0, 0.05) is 22.9 Å². The van der Waals surface area contributed by atoms with Crippen LogP contribution in [0.4, 0.5) is 27.6 Å². The van der Waals surface area contributed by atoms with E-state index in [-0.39, 0.29) is 17.7 Å². The zero-order valence-electron chi connectivity index (χ0n) is 21.7. The van der Waals surface area contributed by atoms with Crippen molar-refractivity contribution in [2.75, 3.05) is 5.32 Å². The van der Waals surface area contributed by atoms with E-state index in [0.717, 1.165) is 33.5 Å². The second-order valence-electron chi connectivity index (χ2n) is 9.26. The van der Waals surface area contributed by atoms with Gasteiger partial charge in [-0.1, -0.05) is 6.07 Å². The summed E-state index contributed by atoms with van der Waals surface area (Å²) < 4.78 is 72.4. The summed E-state index contributed by atoms with van der Waals surface area (Å²) in [5.74, 6) is -2.95. The molecular formula is C27H20F5N7O4. The Morgan fingerprint density at radius 1 is 0.930 bits per heavy atom. The third kappa shape index (κ3) is 6.75. The molecule has 11 nitrogen and oxygen atoms in total.